The molecule has 0 aliphatic rings. The molecule has 0 spiro atoms. The fourth-order valence-corrected chi connectivity index (χ4v) is 2.95. The summed E-state index contributed by atoms with van der Waals surface area (Å²) >= 11 is 0. The highest BCUT2D eigenvalue weighted by Gasteiger charge is 2.16. The second-order valence-electron chi connectivity index (χ2n) is 5.87. The van der Waals surface area contributed by atoms with Crippen LogP contribution in [-0.2, 0) is 19.7 Å². The van der Waals surface area contributed by atoms with Gasteiger partial charge in [-0.3, -0.25) is 9.59 Å². The van der Waals surface area contributed by atoms with Gasteiger partial charge < -0.3 is 9.50 Å². The maximum atomic E-state index is 12.2. The van der Waals surface area contributed by atoms with Gasteiger partial charge in [0.05, 0.1) is 6.21 Å². The van der Waals surface area contributed by atoms with E-state index in [1.165, 1.54) is 30.5 Å². The minimum atomic E-state index is -3.92. The van der Waals surface area contributed by atoms with Crippen LogP contribution in [0, 0.1) is 6.92 Å². The van der Waals surface area contributed by atoms with Crippen LogP contribution < -0.4 is 14.9 Å². The van der Waals surface area contributed by atoms with Crippen molar-refractivity contribution in [1.29, 1.82) is 0 Å². The maximum Gasteiger partial charge on any atom is 0.339 e. The lowest BCUT2D eigenvalue weighted by Gasteiger charge is -2.07. The molecule has 0 aliphatic heterocycles. The second-order valence-corrected chi connectivity index (χ2v) is 7.42. The summed E-state index contributed by atoms with van der Waals surface area (Å²) in [6, 6.07) is 12.4. The summed E-state index contributed by atoms with van der Waals surface area (Å²) < 4.78 is 29.6. The standard InChI is InChI=1S/C19H21N3O5S/c1-3-12-20-18(23)19(24)22-21-13-15-6-8-16(9-7-15)27-28(25,26)17-10-4-14(2)5-11-17/h4-11,13H,3,12H2,1-2H3,(H,20,23)(H,22,24)/b21-13-. The fourth-order valence-electron chi connectivity index (χ4n) is 2.02. The predicted molar refractivity (Wildman–Crippen MR) is 104 cm³/mol. The molecule has 0 heterocycles. The summed E-state index contributed by atoms with van der Waals surface area (Å²) in [7, 11) is -3.92. The van der Waals surface area contributed by atoms with E-state index in [2.05, 4.69) is 15.8 Å². The van der Waals surface area contributed by atoms with Gasteiger partial charge in [0.25, 0.3) is 0 Å². The number of carbonyl (C=O) groups is 2. The number of rotatable bonds is 7. The van der Waals surface area contributed by atoms with Crippen molar-refractivity contribution in [2.75, 3.05) is 6.54 Å². The van der Waals surface area contributed by atoms with E-state index in [1.54, 1.807) is 24.3 Å². The van der Waals surface area contributed by atoms with Crippen molar-refractivity contribution in [3.8, 4) is 5.75 Å². The summed E-state index contributed by atoms with van der Waals surface area (Å²) in [5.41, 5.74) is 3.63. The van der Waals surface area contributed by atoms with Crippen molar-refractivity contribution in [1.82, 2.24) is 10.7 Å². The summed E-state index contributed by atoms with van der Waals surface area (Å²) in [4.78, 5) is 22.9. The Morgan fingerprint density at radius 2 is 1.68 bits per heavy atom. The Bertz CT molecular complexity index is 952. The van der Waals surface area contributed by atoms with Crippen LogP contribution in [0.15, 0.2) is 58.5 Å². The first-order chi connectivity index (χ1) is 13.3. The first kappa shape index (κ1) is 21.1. The smallest absolute Gasteiger partial charge is 0.339 e. The highest BCUT2D eigenvalue weighted by Crippen LogP contribution is 2.19. The van der Waals surface area contributed by atoms with E-state index in [4.69, 9.17) is 4.18 Å². The molecule has 2 N–H and O–H groups in total. The molecular weight excluding hydrogens is 382 g/mol. The number of nitrogens with one attached hydrogen (secondary N) is 2. The Morgan fingerprint density at radius 3 is 2.29 bits per heavy atom. The van der Waals surface area contributed by atoms with E-state index in [9.17, 15) is 18.0 Å². The number of nitrogens with zero attached hydrogens (tertiary/aromatic N) is 1. The van der Waals surface area contributed by atoms with Crippen LogP contribution in [-0.4, -0.2) is 33.0 Å². The quantitative estimate of drug-likeness (QED) is 0.316. The zero-order valence-electron chi connectivity index (χ0n) is 15.5. The topological polar surface area (TPSA) is 114 Å². The highest BCUT2D eigenvalue weighted by atomic mass is 32.2. The van der Waals surface area contributed by atoms with Crippen LogP contribution in [0.25, 0.3) is 0 Å². The van der Waals surface area contributed by atoms with Crippen LogP contribution in [0.5, 0.6) is 5.75 Å². The van der Waals surface area contributed by atoms with Gasteiger partial charge in [0.1, 0.15) is 10.6 Å². The number of hydrazone groups is 1. The van der Waals surface area contributed by atoms with E-state index in [-0.39, 0.29) is 10.6 Å². The third-order valence-corrected chi connectivity index (χ3v) is 4.78. The second kappa shape index (κ2) is 9.65. The van der Waals surface area contributed by atoms with Gasteiger partial charge in [0.2, 0.25) is 0 Å². The minimum absolute atomic E-state index is 0.0628. The number of carbonyl (C=O) groups excluding carboxylic acids is 2. The molecule has 2 amide bonds. The Hall–Kier alpha value is -3.20. The third kappa shape index (κ3) is 6.20. The molecule has 2 rings (SSSR count). The zero-order chi connectivity index (χ0) is 20.6. The van der Waals surface area contributed by atoms with Crippen molar-refractivity contribution in [2.45, 2.75) is 25.2 Å². The monoisotopic (exact) mass is 403 g/mol. The lowest BCUT2D eigenvalue weighted by atomic mass is 10.2. The fraction of sp³-hybridized carbons (Fsp3) is 0.211. The molecule has 0 saturated heterocycles. The van der Waals surface area contributed by atoms with E-state index in [1.807, 2.05) is 13.8 Å². The first-order valence-electron chi connectivity index (χ1n) is 8.54. The van der Waals surface area contributed by atoms with Gasteiger partial charge in [-0.2, -0.15) is 13.5 Å². The molecular formula is C19H21N3O5S. The van der Waals surface area contributed by atoms with E-state index in [0.29, 0.717) is 12.1 Å². The maximum absolute atomic E-state index is 12.2. The number of aryl methyl sites for hydroxylation is 1. The molecule has 0 saturated carbocycles. The minimum Gasteiger partial charge on any atom is -0.379 e. The Kier molecular flexibility index (Phi) is 7.28. The van der Waals surface area contributed by atoms with Crippen LogP contribution in [0.4, 0.5) is 0 Å². The molecule has 0 unspecified atom stereocenters. The predicted octanol–water partition coefficient (Wildman–Crippen LogP) is 1.74. The first-order valence-corrected chi connectivity index (χ1v) is 9.95. The molecule has 28 heavy (non-hydrogen) atoms. The van der Waals surface area contributed by atoms with E-state index < -0.39 is 21.9 Å². The van der Waals surface area contributed by atoms with Gasteiger partial charge in [-0.25, -0.2) is 5.43 Å². The van der Waals surface area contributed by atoms with Gasteiger partial charge in [0.15, 0.2) is 0 Å². The number of hydrogen-bond acceptors (Lipinski definition) is 6. The van der Waals surface area contributed by atoms with Crippen LogP contribution in [0.3, 0.4) is 0 Å². The molecule has 0 aromatic heterocycles. The van der Waals surface area contributed by atoms with Gasteiger partial charge >= 0.3 is 21.9 Å². The van der Waals surface area contributed by atoms with Gasteiger partial charge in [-0.05, 0) is 55.3 Å². The number of benzene rings is 2. The van der Waals surface area contributed by atoms with Gasteiger partial charge in [0, 0.05) is 6.54 Å². The molecule has 148 valence electrons. The Balaban J connectivity index is 1.95. The molecule has 9 heteroatoms. The molecule has 0 radical (unpaired) electrons. The van der Waals surface area contributed by atoms with Crippen molar-refractivity contribution in [3.05, 3.63) is 59.7 Å². The summed E-state index contributed by atoms with van der Waals surface area (Å²) in [6.07, 6.45) is 2.04. The number of amides is 2. The van der Waals surface area contributed by atoms with Gasteiger partial charge in [-0.1, -0.05) is 24.6 Å². The van der Waals surface area contributed by atoms with Crippen molar-refractivity contribution in [2.24, 2.45) is 5.10 Å². The van der Waals surface area contributed by atoms with E-state index >= 15 is 0 Å². The summed E-state index contributed by atoms with van der Waals surface area (Å²) in [6.45, 7) is 4.14. The van der Waals surface area contributed by atoms with Crippen LogP contribution in [0.1, 0.15) is 24.5 Å². The average Bonchev–Trinajstić information content (AvgIpc) is 2.67. The molecule has 0 atom stereocenters. The molecule has 0 aliphatic carbocycles. The average molecular weight is 403 g/mol. The summed E-state index contributed by atoms with van der Waals surface area (Å²) in [5.74, 6) is -1.49. The van der Waals surface area contributed by atoms with E-state index in [0.717, 1.165) is 12.0 Å². The molecule has 0 fully saturated rings. The molecule has 2 aromatic carbocycles. The normalized spacial score (nSPS) is 11.2. The lowest BCUT2D eigenvalue weighted by Crippen LogP contribution is -2.38. The molecule has 8 nitrogen and oxygen atoms in total. The van der Waals surface area contributed by atoms with Crippen LogP contribution >= 0.6 is 0 Å². The summed E-state index contributed by atoms with van der Waals surface area (Å²) in [5, 5.41) is 6.11. The largest absolute Gasteiger partial charge is 0.379 e. The molecule has 0 bridgehead atoms. The number of hydrogen-bond donors (Lipinski definition) is 2. The van der Waals surface area contributed by atoms with Gasteiger partial charge in [-0.15, -0.1) is 0 Å². The highest BCUT2D eigenvalue weighted by molar-refractivity contribution is 7.87. The third-order valence-electron chi connectivity index (χ3n) is 3.52. The molecule has 2 aromatic rings. The van der Waals surface area contributed by atoms with Crippen molar-refractivity contribution >= 4 is 28.1 Å². The van der Waals surface area contributed by atoms with Crippen LogP contribution in [0.2, 0.25) is 0 Å². The Morgan fingerprint density at radius 1 is 1.04 bits per heavy atom. The van der Waals surface area contributed by atoms with Crippen molar-refractivity contribution in [3.63, 3.8) is 0 Å². The SMILES string of the molecule is CCCNC(=O)C(=O)N/N=C\c1ccc(OS(=O)(=O)c2ccc(C)cc2)cc1. The lowest BCUT2D eigenvalue weighted by molar-refractivity contribution is -0.139. The van der Waals surface area contributed by atoms with Crippen molar-refractivity contribution < 1.29 is 22.2 Å². The zero-order valence-corrected chi connectivity index (χ0v) is 16.3. The Labute approximate surface area is 163 Å².